The van der Waals surface area contributed by atoms with Crippen LogP contribution in [0.25, 0.3) is 0 Å². The van der Waals surface area contributed by atoms with Crippen molar-refractivity contribution in [1.29, 1.82) is 0 Å². The number of nitrogens with zero attached hydrogens (tertiary/aromatic N) is 4. The summed E-state index contributed by atoms with van der Waals surface area (Å²) in [4.78, 5) is 12.2. The smallest absolute Gasteiger partial charge is 0.246 e. The van der Waals surface area contributed by atoms with Gasteiger partial charge in [-0.25, -0.2) is 0 Å². The zero-order chi connectivity index (χ0) is 17.8. The van der Waals surface area contributed by atoms with Crippen LogP contribution in [0.3, 0.4) is 0 Å². The van der Waals surface area contributed by atoms with E-state index in [2.05, 4.69) is 27.6 Å². The van der Waals surface area contributed by atoms with Crippen LogP contribution in [-0.4, -0.2) is 25.5 Å². The standard InChI is InChI=1S/C18H20ClN5O/c1-13-18(19)14(2)24(22-13)12-17(25)21-16-10-20-23(11-16)9-8-15-6-4-3-5-7-15/h3-7,10-11H,8-9,12H2,1-2H3,(H,21,25). The zero-order valence-corrected chi connectivity index (χ0v) is 15.0. The van der Waals surface area contributed by atoms with Crippen molar-refractivity contribution in [3.8, 4) is 0 Å². The van der Waals surface area contributed by atoms with Crippen LogP contribution < -0.4 is 5.32 Å². The summed E-state index contributed by atoms with van der Waals surface area (Å²) in [6.07, 6.45) is 4.37. The maximum Gasteiger partial charge on any atom is 0.246 e. The fraction of sp³-hybridized carbons (Fsp3) is 0.278. The predicted molar refractivity (Wildman–Crippen MR) is 97.7 cm³/mol. The molecule has 6 nitrogen and oxygen atoms in total. The van der Waals surface area contributed by atoms with E-state index < -0.39 is 0 Å². The number of halogens is 1. The van der Waals surface area contributed by atoms with Gasteiger partial charge in [-0.15, -0.1) is 0 Å². The Morgan fingerprint density at radius 2 is 2.00 bits per heavy atom. The number of hydrogen-bond acceptors (Lipinski definition) is 3. The molecule has 7 heteroatoms. The van der Waals surface area contributed by atoms with Crippen LogP contribution in [0.5, 0.6) is 0 Å². The second-order valence-corrected chi connectivity index (χ2v) is 6.30. The first-order valence-corrected chi connectivity index (χ1v) is 8.46. The number of benzene rings is 1. The molecule has 0 aliphatic heterocycles. The SMILES string of the molecule is Cc1nn(CC(=O)Nc2cnn(CCc3ccccc3)c2)c(C)c1Cl. The molecule has 0 saturated carbocycles. The molecule has 3 rings (SSSR count). The number of carbonyl (C=O) groups excluding carboxylic acids is 1. The Hall–Kier alpha value is -2.60. The summed E-state index contributed by atoms with van der Waals surface area (Å²) in [6.45, 7) is 4.54. The third-order valence-electron chi connectivity index (χ3n) is 3.98. The molecule has 25 heavy (non-hydrogen) atoms. The van der Waals surface area contributed by atoms with Crippen molar-refractivity contribution in [2.75, 3.05) is 5.32 Å². The van der Waals surface area contributed by atoms with Gasteiger partial charge in [-0.05, 0) is 25.8 Å². The van der Waals surface area contributed by atoms with Crippen LogP contribution in [0.1, 0.15) is 17.0 Å². The first-order valence-electron chi connectivity index (χ1n) is 8.08. The molecular weight excluding hydrogens is 338 g/mol. The molecule has 2 heterocycles. The van der Waals surface area contributed by atoms with E-state index in [9.17, 15) is 4.79 Å². The quantitative estimate of drug-likeness (QED) is 0.736. The van der Waals surface area contributed by atoms with E-state index in [1.807, 2.05) is 42.9 Å². The van der Waals surface area contributed by atoms with Crippen molar-refractivity contribution >= 4 is 23.2 Å². The normalized spacial score (nSPS) is 10.8. The fourth-order valence-corrected chi connectivity index (χ4v) is 2.74. The third-order valence-corrected chi connectivity index (χ3v) is 4.52. The van der Waals surface area contributed by atoms with Crippen molar-refractivity contribution in [1.82, 2.24) is 19.6 Å². The van der Waals surface area contributed by atoms with Gasteiger partial charge in [-0.1, -0.05) is 41.9 Å². The van der Waals surface area contributed by atoms with E-state index in [0.29, 0.717) is 10.7 Å². The molecule has 0 aliphatic carbocycles. The van der Waals surface area contributed by atoms with Crippen LogP contribution >= 0.6 is 11.6 Å². The van der Waals surface area contributed by atoms with Crippen LogP contribution in [0.2, 0.25) is 5.02 Å². The highest BCUT2D eigenvalue weighted by Crippen LogP contribution is 2.18. The van der Waals surface area contributed by atoms with Crippen molar-refractivity contribution in [2.45, 2.75) is 33.4 Å². The molecule has 0 bridgehead atoms. The van der Waals surface area contributed by atoms with Crippen molar-refractivity contribution in [3.05, 3.63) is 64.7 Å². The summed E-state index contributed by atoms with van der Waals surface area (Å²) in [5, 5.41) is 12.0. The van der Waals surface area contributed by atoms with Gasteiger partial charge in [0.15, 0.2) is 0 Å². The Morgan fingerprint density at radius 3 is 2.68 bits per heavy atom. The average molecular weight is 358 g/mol. The lowest BCUT2D eigenvalue weighted by molar-refractivity contribution is -0.116. The summed E-state index contributed by atoms with van der Waals surface area (Å²) in [7, 11) is 0. The number of amides is 1. The summed E-state index contributed by atoms with van der Waals surface area (Å²) in [5.74, 6) is -0.162. The molecule has 130 valence electrons. The molecule has 0 unspecified atom stereocenters. The minimum atomic E-state index is -0.162. The zero-order valence-electron chi connectivity index (χ0n) is 14.2. The fourth-order valence-electron chi connectivity index (χ4n) is 2.60. The summed E-state index contributed by atoms with van der Waals surface area (Å²) in [6, 6.07) is 10.2. The number of hydrogen-bond donors (Lipinski definition) is 1. The lowest BCUT2D eigenvalue weighted by Crippen LogP contribution is -2.20. The van der Waals surface area contributed by atoms with E-state index in [1.54, 1.807) is 10.9 Å². The highest BCUT2D eigenvalue weighted by molar-refractivity contribution is 6.31. The predicted octanol–water partition coefficient (Wildman–Crippen LogP) is 3.23. The lowest BCUT2D eigenvalue weighted by Gasteiger charge is -2.05. The Bertz CT molecular complexity index is 869. The molecule has 3 aromatic rings. The monoisotopic (exact) mass is 357 g/mol. The van der Waals surface area contributed by atoms with Gasteiger partial charge < -0.3 is 5.32 Å². The lowest BCUT2D eigenvalue weighted by atomic mass is 10.1. The van der Waals surface area contributed by atoms with Crippen molar-refractivity contribution < 1.29 is 4.79 Å². The maximum absolute atomic E-state index is 12.2. The number of anilines is 1. The minimum Gasteiger partial charge on any atom is -0.322 e. The second-order valence-electron chi connectivity index (χ2n) is 5.92. The molecule has 0 spiro atoms. The van der Waals surface area contributed by atoms with Crippen LogP contribution in [0.15, 0.2) is 42.7 Å². The molecule has 0 fully saturated rings. The largest absolute Gasteiger partial charge is 0.322 e. The van der Waals surface area contributed by atoms with Crippen LogP contribution in [-0.2, 0) is 24.3 Å². The van der Waals surface area contributed by atoms with Gasteiger partial charge in [0.05, 0.1) is 28.3 Å². The molecule has 0 saturated heterocycles. The molecular formula is C18H20ClN5O. The van der Waals surface area contributed by atoms with Gasteiger partial charge in [-0.2, -0.15) is 10.2 Å². The molecule has 1 N–H and O–H groups in total. The summed E-state index contributed by atoms with van der Waals surface area (Å²) in [5.41, 5.74) is 3.43. The third kappa shape index (κ3) is 4.28. The Balaban J connectivity index is 1.55. The Labute approximate surface area is 151 Å². The molecule has 0 aliphatic rings. The van der Waals surface area contributed by atoms with Gasteiger partial charge in [0.25, 0.3) is 0 Å². The van der Waals surface area contributed by atoms with E-state index in [0.717, 1.165) is 24.4 Å². The van der Waals surface area contributed by atoms with Gasteiger partial charge in [-0.3, -0.25) is 14.2 Å². The highest BCUT2D eigenvalue weighted by Gasteiger charge is 2.12. The highest BCUT2D eigenvalue weighted by atomic mass is 35.5. The summed E-state index contributed by atoms with van der Waals surface area (Å²) < 4.78 is 3.43. The number of nitrogens with one attached hydrogen (secondary N) is 1. The van der Waals surface area contributed by atoms with Gasteiger partial charge in [0.1, 0.15) is 6.54 Å². The van der Waals surface area contributed by atoms with Gasteiger partial charge >= 0.3 is 0 Å². The molecule has 1 amide bonds. The number of aromatic nitrogens is 4. The topological polar surface area (TPSA) is 64.7 Å². The Kier molecular flexibility index (Phi) is 5.19. The van der Waals surface area contributed by atoms with Crippen LogP contribution in [0, 0.1) is 13.8 Å². The number of rotatable bonds is 6. The van der Waals surface area contributed by atoms with Gasteiger partial charge in [0, 0.05) is 12.7 Å². The van der Waals surface area contributed by atoms with Crippen molar-refractivity contribution in [2.24, 2.45) is 0 Å². The first-order chi connectivity index (χ1) is 12.0. The molecule has 0 radical (unpaired) electrons. The summed E-state index contributed by atoms with van der Waals surface area (Å²) >= 11 is 6.10. The van der Waals surface area contributed by atoms with E-state index in [-0.39, 0.29) is 12.5 Å². The van der Waals surface area contributed by atoms with Gasteiger partial charge in [0.2, 0.25) is 5.91 Å². The number of aryl methyl sites for hydroxylation is 3. The minimum absolute atomic E-state index is 0.120. The molecule has 2 aromatic heterocycles. The molecule has 1 aromatic carbocycles. The number of carbonyl (C=O) groups is 1. The van der Waals surface area contributed by atoms with E-state index in [4.69, 9.17) is 11.6 Å². The second kappa shape index (κ2) is 7.53. The van der Waals surface area contributed by atoms with Crippen LogP contribution in [0.4, 0.5) is 5.69 Å². The van der Waals surface area contributed by atoms with Crippen molar-refractivity contribution in [3.63, 3.8) is 0 Å². The maximum atomic E-state index is 12.2. The Morgan fingerprint density at radius 1 is 1.24 bits per heavy atom. The first kappa shape index (κ1) is 17.2. The van der Waals surface area contributed by atoms with E-state index in [1.165, 1.54) is 5.56 Å². The van der Waals surface area contributed by atoms with E-state index >= 15 is 0 Å². The molecule has 0 atom stereocenters. The average Bonchev–Trinajstić information content (AvgIpc) is 3.14.